The number of fused-ring (bicyclic) bond motifs is 6. The van der Waals surface area contributed by atoms with Gasteiger partial charge in [0.15, 0.2) is 11.2 Å². The van der Waals surface area contributed by atoms with Crippen molar-refractivity contribution in [2.75, 3.05) is 4.90 Å². The van der Waals surface area contributed by atoms with Crippen molar-refractivity contribution in [3.8, 4) is 22.6 Å². The second kappa shape index (κ2) is 10.2. The van der Waals surface area contributed by atoms with Crippen molar-refractivity contribution in [1.29, 1.82) is 0 Å². The minimum absolute atomic E-state index is 0.596. The number of anilines is 3. The van der Waals surface area contributed by atoms with Crippen LogP contribution in [0.15, 0.2) is 167 Å². The van der Waals surface area contributed by atoms with E-state index in [0.717, 1.165) is 61.2 Å². The molecule has 212 valence electrons. The third-order valence-corrected chi connectivity index (χ3v) is 8.46. The van der Waals surface area contributed by atoms with Gasteiger partial charge in [-0.2, -0.15) is 0 Å². The van der Waals surface area contributed by atoms with Crippen molar-refractivity contribution in [1.82, 2.24) is 4.98 Å². The summed E-state index contributed by atoms with van der Waals surface area (Å²) < 4.78 is 12.9. The third kappa shape index (κ3) is 4.27. The molecule has 0 saturated heterocycles. The topological polar surface area (TPSA) is 42.4 Å². The van der Waals surface area contributed by atoms with Crippen LogP contribution in [0.1, 0.15) is 0 Å². The lowest BCUT2D eigenvalue weighted by Gasteiger charge is -2.26. The molecule has 0 N–H and O–H groups in total. The molecule has 0 aliphatic rings. The predicted molar refractivity (Wildman–Crippen MR) is 184 cm³/mol. The van der Waals surface area contributed by atoms with Crippen LogP contribution in [0.2, 0.25) is 0 Å². The van der Waals surface area contributed by atoms with Gasteiger partial charge in [-0.25, -0.2) is 4.98 Å². The van der Waals surface area contributed by atoms with Gasteiger partial charge in [0.05, 0.1) is 11.1 Å². The van der Waals surface area contributed by atoms with Gasteiger partial charge >= 0.3 is 0 Å². The summed E-state index contributed by atoms with van der Waals surface area (Å²) in [6.07, 6.45) is 0. The van der Waals surface area contributed by atoms with Gasteiger partial charge in [0.2, 0.25) is 5.89 Å². The van der Waals surface area contributed by atoms with E-state index in [1.807, 2.05) is 48.5 Å². The van der Waals surface area contributed by atoms with Crippen LogP contribution in [0, 0.1) is 0 Å². The molecule has 9 rings (SSSR count). The summed E-state index contributed by atoms with van der Waals surface area (Å²) in [5, 5.41) is 4.32. The van der Waals surface area contributed by atoms with Crippen molar-refractivity contribution in [3.05, 3.63) is 158 Å². The predicted octanol–water partition coefficient (Wildman–Crippen LogP) is 11.7. The van der Waals surface area contributed by atoms with Crippen LogP contribution in [0.5, 0.6) is 0 Å². The van der Waals surface area contributed by atoms with E-state index in [9.17, 15) is 0 Å². The summed E-state index contributed by atoms with van der Waals surface area (Å²) in [6, 6.07) is 54.5. The summed E-state index contributed by atoms with van der Waals surface area (Å²) in [7, 11) is 0. The summed E-state index contributed by atoms with van der Waals surface area (Å²) in [4.78, 5) is 7.25. The molecule has 0 amide bonds. The van der Waals surface area contributed by atoms with Crippen molar-refractivity contribution in [2.24, 2.45) is 0 Å². The molecule has 0 atom stereocenters. The molecule has 0 aliphatic carbocycles. The molecule has 4 nitrogen and oxygen atoms in total. The average Bonchev–Trinajstić information content (AvgIpc) is 3.72. The van der Waals surface area contributed by atoms with E-state index in [1.165, 1.54) is 16.3 Å². The van der Waals surface area contributed by atoms with Crippen molar-refractivity contribution >= 4 is 60.9 Å². The Hall–Kier alpha value is -6.13. The van der Waals surface area contributed by atoms with Crippen LogP contribution in [-0.4, -0.2) is 4.98 Å². The molecular weight excluding hydrogens is 552 g/mol. The summed E-state index contributed by atoms with van der Waals surface area (Å²) in [5.74, 6) is 0.596. The molecule has 0 spiro atoms. The Labute approximate surface area is 259 Å². The fraction of sp³-hybridized carbons (Fsp3) is 0. The maximum atomic E-state index is 6.71. The van der Waals surface area contributed by atoms with Gasteiger partial charge < -0.3 is 13.7 Å². The third-order valence-electron chi connectivity index (χ3n) is 8.46. The molecule has 0 fully saturated rings. The smallest absolute Gasteiger partial charge is 0.227 e. The lowest BCUT2D eigenvalue weighted by Crippen LogP contribution is -2.10. The molecule has 4 heteroatoms. The van der Waals surface area contributed by atoms with Gasteiger partial charge in [0.25, 0.3) is 0 Å². The fourth-order valence-corrected chi connectivity index (χ4v) is 6.34. The zero-order chi connectivity index (χ0) is 29.7. The number of aromatic nitrogens is 1. The van der Waals surface area contributed by atoms with E-state index in [4.69, 9.17) is 13.8 Å². The molecule has 7 aromatic carbocycles. The van der Waals surface area contributed by atoms with E-state index in [2.05, 4.69) is 114 Å². The van der Waals surface area contributed by atoms with Gasteiger partial charge in [-0.05, 0) is 76.5 Å². The van der Waals surface area contributed by atoms with Gasteiger partial charge in [0.1, 0.15) is 11.1 Å². The summed E-state index contributed by atoms with van der Waals surface area (Å²) in [5.41, 5.74) is 9.39. The van der Waals surface area contributed by atoms with Gasteiger partial charge in [-0.15, -0.1) is 0 Å². The van der Waals surface area contributed by atoms with Crippen molar-refractivity contribution in [3.63, 3.8) is 0 Å². The van der Waals surface area contributed by atoms with Gasteiger partial charge in [0, 0.05) is 22.3 Å². The van der Waals surface area contributed by atoms with Crippen LogP contribution in [0.3, 0.4) is 0 Å². The number of benzene rings is 7. The molecule has 0 saturated carbocycles. The Morgan fingerprint density at radius 1 is 0.467 bits per heavy atom. The Kier molecular flexibility index (Phi) is 5.78. The standard InChI is InChI=1S/C41H26N2O2/c1-3-11-27(12-4-1)31-17-9-18-32(25-31)43(33-22-21-28-13-7-8-16-30(28)26-33)35-20-10-19-34-38-36(44-40(34)35)23-24-37-39(38)42-41(45-37)29-14-5-2-6-15-29/h1-26H. The maximum Gasteiger partial charge on any atom is 0.227 e. The summed E-state index contributed by atoms with van der Waals surface area (Å²) in [6.45, 7) is 0. The largest absolute Gasteiger partial charge is 0.454 e. The Balaban J connectivity index is 1.29. The molecule has 0 aliphatic heterocycles. The zero-order valence-electron chi connectivity index (χ0n) is 24.2. The molecule has 2 heterocycles. The van der Waals surface area contributed by atoms with Crippen molar-refractivity contribution in [2.45, 2.75) is 0 Å². The highest BCUT2D eigenvalue weighted by Crippen LogP contribution is 2.45. The number of rotatable bonds is 5. The number of nitrogens with zero attached hydrogens (tertiary/aromatic N) is 2. The first-order valence-electron chi connectivity index (χ1n) is 15.0. The molecule has 0 radical (unpaired) electrons. The van der Waals surface area contributed by atoms with E-state index in [0.29, 0.717) is 5.89 Å². The van der Waals surface area contributed by atoms with Gasteiger partial charge in [-0.3, -0.25) is 0 Å². The van der Waals surface area contributed by atoms with Crippen LogP contribution >= 0.6 is 0 Å². The fourth-order valence-electron chi connectivity index (χ4n) is 6.34. The van der Waals surface area contributed by atoms with E-state index in [1.54, 1.807) is 0 Å². The van der Waals surface area contributed by atoms with E-state index >= 15 is 0 Å². The second-order valence-corrected chi connectivity index (χ2v) is 11.2. The molecule has 45 heavy (non-hydrogen) atoms. The monoisotopic (exact) mass is 578 g/mol. The summed E-state index contributed by atoms with van der Waals surface area (Å²) >= 11 is 0. The molecular formula is C41H26N2O2. The van der Waals surface area contributed by atoms with Crippen LogP contribution in [-0.2, 0) is 0 Å². The zero-order valence-corrected chi connectivity index (χ0v) is 24.2. The van der Waals surface area contributed by atoms with E-state index in [-0.39, 0.29) is 0 Å². The number of para-hydroxylation sites is 1. The molecule has 0 bridgehead atoms. The lowest BCUT2D eigenvalue weighted by atomic mass is 10.0. The maximum absolute atomic E-state index is 6.71. The number of furan rings is 1. The first kappa shape index (κ1) is 25.4. The average molecular weight is 579 g/mol. The minimum Gasteiger partial charge on any atom is -0.454 e. The number of oxazole rings is 1. The Morgan fingerprint density at radius 3 is 2.00 bits per heavy atom. The van der Waals surface area contributed by atoms with Crippen LogP contribution < -0.4 is 4.90 Å². The first-order valence-corrected chi connectivity index (χ1v) is 15.0. The highest BCUT2D eigenvalue weighted by molar-refractivity contribution is 6.19. The SMILES string of the molecule is c1ccc(-c2cccc(N(c3ccc4ccccc4c3)c3cccc4c3oc3ccc5oc(-c6ccccc6)nc5c34)c2)cc1. The Bertz CT molecular complexity index is 2490. The van der Waals surface area contributed by atoms with E-state index < -0.39 is 0 Å². The number of hydrogen-bond donors (Lipinski definition) is 0. The van der Waals surface area contributed by atoms with Gasteiger partial charge in [-0.1, -0.05) is 103 Å². The number of hydrogen-bond acceptors (Lipinski definition) is 4. The van der Waals surface area contributed by atoms with Crippen molar-refractivity contribution < 1.29 is 8.83 Å². The molecule has 0 unspecified atom stereocenters. The highest BCUT2D eigenvalue weighted by Gasteiger charge is 2.22. The lowest BCUT2D eigenvalue weighted by molar-refractivity contribution is 0.619. The first-order chi connectivity index (χ1) is 22.3. The Morgan fingerprint density at radius 2 is 1.16 bits per heavy atom. The second-order valence-electron chi connectivity index (χ2n) is 11.2. The molecule has 2 aromatic heterocycles. The van der Waals surface area contributed by atoms with Crippen LogP contribution in [0.25, 0.3) is 66.4 Å². The minimum atomic E-state index is 0.596. The normalized spacial score (nSPS) is 11.6. The quantitative estimate of drug-likeness (QED) is 0.204. The van der Waals surface area contributed by atoms with Crippen LogP contribution in [0.4, 0.5) is 17.1 Å². The molecule has 9 aromatic rings. The highest BCUT2D eigenvalue weighted by atomic mass is 16.4.